The summed E-state index contributed by atoms with van der Waals surface area (Å²) in [5.41, 5.74) is 4.25. The lowest BCUT2D eigenvalue weighted by atomic mass is 9.99. The number of cyclic esters (lactones) is 1. The molecule has 45 heavy (non-hydrogen) atoms. The van der Waals surface area contributed by atoms with Crippen molar-refractivity contribution in [1.82, 2.24) is 20.6 Å². The molecule has 2 aliphatic heterocycles. The van der Waals surface area contributed by atoms with Gasteiger partial charge in [-0.05, 0) is 114 Å². The summed E-state index contributed by atoms with van der Waals surface area (Å²) in [6, 6.07) is 2.13. The number of ether oxygens (including phenoxy) is 4. The minimum absolute atomic E-state index is 0.110. The Balaban J connectivity index is 0.963. The fourth-order valence-electron chi connectivity index (χ4n) is 6.12. The van der Waals surface area contributed by atoms with Gasteiger partial charge in [0.1, 0.15) is 24.1 Å². The molecule has 2 aromatic rings. The van der Waals surface area contributed by atoms with Gasteiger partial charge in [0.2, 0.25) is 0 Å². The molecular weight excluding hydrogens is 580 g/mol. The van der Waals surface area contributed by atoms with Gasteiger partial charge >= 0.3 is 12.2 Å². The van der Waals surface area contributed by atoms with Crippen LogP contribution in [0.15, 0.2) is 12.3 Å². The number of nitrogens with one attached hydrogen (secondary N) is 3. The van der Waals surface area contributed by atoms with E-state index in [9.17, 15) is 14.4 Å². The van der Waals surface area contributed by atoms with Crippen molar-refractivity contribution in [1.29, 1.82) is 0 Å². The zero-order chi connectivity index (χ0) is 31.9. The molecule has 1 saturated carbocycles. The summed E-state index contributed by atoms with van der Waals surface area (Å²) >= 11 is 0. The second-order valence-corrected chi connectivity index (χ2v) is 13.6. The molecule has 0 radical (unpaired) electrons. The maximum Gasteiger partial charge on any atom is 0.415 e. The van der Waals surface area contributed by atoms with Crippen molar-refractivity contribution < 1.29 is 33.3 Å². The fourth-order valence-corrected chi connectivity index (χ4v) is 6.12. The summed E-state index contributed by atoms with van der Waals surface area (Å²) in [5, 5.41) is 9.18. The van der Waals surface area contributed by atoms with E-state index in [0.29, 0.717) is 37.9 Å². The van der Waals surface area contributed by atoms with Gasteiger partial charge in [-0.3, -0.25) is 9.69 Å². The Morgan fingerprint density at radius 1 is 1.20 bits per heavy atom. The Labute approximate surface area is 262 Å². The molecule has 2 atom stereocenters. The van der Waals surface area contributed by atoms with Crippen molar-refractivity contribution in [3.63, 3.8) is 0 Å². The van der Waals surface area contributed by atoms with E-state index in [1.54, 1.807) is 0 Å². The van der Waals surface area contributed by atoms with Gasteiger partial charge in [0.15, 0.2) is 18.2 Å². The molecule has 13 heteroatoms. The normalized spacial score (nSPS) is 21.3. The summed E-state index contributed by atoms with van der Waals surface area (Å²) < 4.78 is 22.6. The van der Waals surface area contributed by atoms with Gasteiger partial charge in [-0.2, -0.15) is 0 Å². The molecule has 6 rings (SSSR count). The molecule has 3 heterocycles. The lowest BCUT2D eigenvalue weighted by Gasteiger charge is -2.24. The third-order valence-electron chi connectivity index (χ3n) is 8.67. The Morgan fingerprint density at radius 2 is 1.98 bits per heavy atom. The molecule has 2 aliphatic carbocycles. The highest BCUT2D eigenvalue weighted by molar-refractivity contribution is 5.94. The van der Waals surface area contributed by atoms with Crippen LogP contribution in [-0.4, -0.2) is 78.2 Å². The summed E-state index contributed by atoms with van der Waals surface area (Å²) in [7, 11) is 0. The number of anilines is 2. The topological polar surface area (TPSA) is 153 Å². The van der Waals surface area contributed by atoms with Crippen molar-refractivity contribution in [3.05, 3.63) is 34.5 Å². The monoisotopic (exact) mass is 622 g/mol. The van der Waals surface area contributed by atoms with Gasteiger partial charge in [0.05, 0.1) is 18.3 Å². The molecule has 4 aliphatic rings. The third-order valence-corrected chi connectivity index (χ3v) is 8.67. The van der Waals surface area contributed by atoms with E-state index in [1.165, 1.54) is 33.4 Å². The van der Waals surface area contributed by atoms with Crippen LogP contribution in [0.3, 0.4) is 0 Å². The Hall–Kier alpha value is -4.13. The highest BCUT2D eigenvalue weighted by atomic mass is 16.6. The molecule has 0 spiro atoms. The number of amides is 3. The van der Waals surface area contributed by atoms with Crippen LogP contribution in [0.1, 0.15) is 62.3 Å². The van der Waals surface area contributed by atoms with Gasteiger partial charge in [0, 0.05) is 0 Å². The highest BCUT2D eigenvalue weighted by Gasteiger charge is 2.46. The number of hydrogen-bond acceptors (Lipinski definition) is 10. The van der Waals surface area contributed by atoms with Crippen molar-refractivity contribution in [3.8, 4) is 11.6 Å². The number of carbonyl (C=O) groups excluding carboxylic acids is 3. The predicted molar refractivity (Wildman–Crippen MR) is 165 cm³/mol. The molecule has 13 nitrogen and oxygen atoms in total. The van der Waals surface area contributed by atoms with Crippen molar-refractivity contribution in [2.45, 2.75) is 84.0 Å². The Kier molecular flexibility index (Phi) is 8.23. The molecule has 3 amide bonds. The standard InChI is InChI=1S/C32H42N6O7/c1-18-10-24(43-17-32(7-8-32)37-29(40)45-31(3,4)5)19(2)23-12-20(11-22(18)23)13-33-9-6-21-15-38(30(41)44-21)25-14-34-28-27(35-25)36-26(39)16-42-28/h10,14,20-21,33H,6-9,11-13,15-17H2,1-5H3,(H,37,40)(H,35,36,39). The lowest BCUT2D eigenvalue weighted by molar-refractivity contribution is -0.118. The molecule has 3 N–H and O–H groups in total. The van der Waals surface area contributed by atoms with E-state index in [2.05, 4.69) is 45.8 Å². The highest BCUT2D eigenvalue weighted by Crippen LogP contribution is 2.40. The zero-order valence-corrected chi connectivity index (χ0v) is 26.6. The van der Waals surface area contributed by atoms with Crippen LogP contribution in [0, 0.1) is 19.8 Å². The molecule has 0 bridgehead atoms. The molecule has 2 fully saturated rings. The van der Waals surface area contributed by atoms with Crippen LogP contribution in [-0.2, 0) is 27.1 Å². The fraction of sp³-hybridized carbons (Fsp3) is 0.594. The number of alkyl carbamates (subject to hydrolysis) is 1. The second kappa shape index (κ2) is 12.0. The maximum absolute atomic E-state index is 12.5. The Morgan fingerprint density at radius 3 is 2.73 bits per heavy atom. The molecule has 2 unspecified atom stereocenters. The first-order valence-electron chi connectivity index (χ1n) is 15.6. The average Bonchev–Trinajstić information content (AvgIpc) is 3.40. The number of aryl methyl sites for hydroxylation is 1. The van der Waals surface area contributed by atoms with Crippen LogP contribution >= 0.6 is 0 Å². The van der Waals surface area contributed by atoms with Crippen molar-refractivity contribution in [2.24, 2.45) is 5.92 Å². The van der Waals surface area contributed by atoms with E-state index < -0.39 is 17.8 Å². The first-order chi connectivity index (χ1) is 21.4. The van der Waals surface area contributed by atoms with Gasteiger partial charge in [0.25, 0.3) is 11.8 Å². The number of nitrogens with zero attached hydrogens (tertiary/aromatic N) is 3. The summed E-state index contributed by atoms with van der Waals surface area (Å²) in [5.74, 6) is 1.76. The number of carbonyl (C=O) groups is 3. The number of benzene rings is 1. The largest absolute Gasteiger partial charge is 0.491 e. The number of hydrogen-bond donors (Lipinski definition) is 3. The lowest BCUT2D eigenvalue weighted by Crippen LogP contribution is -2.44. The summed E-state index contributed by atoms with van der Waals surface area (Å²) in [4.78, 5) is 46.4. The van der Waals surface area contributed by atoms with E-state index in [0.717, 1.165) is 38.0 Å². The molecule has 1 aromatic heterocycles. The van der Waals surface area contributed by atoms with E-state index >= 15 is 0 Å². The van der Waals surface area contributed by atoms with Crippen LogP contribution < -0.4 is 30.3 Å². The molecule has 1 aromatic carbocycles. The summed E-state index contributed by atoms with van der Waals surface area (Å²) in [6.45, 7) is 12.1. The first kappa shape index (κ1) is 30.9. The number of fused-ring (bicyclic) bond motifs is 2. The van der Waals surface area contributed by atoms with Crippen LogP contribution in [0.5, 0.6) is 11.6 Å². The predicted octanol–water partition coefficient (Wildman–Crippen LogP) is 3.58. The van der Waals surface area contributed by atoms with Crippen LogP contribution in [0.4, 0.5) is 21.2 Å². The molecule has 1 saturated heterocycles. The molecular formula is C32H42N6O7. The first-order valence-corrected chi connectivity index (χ1v) is 15.6. The smallest absolute Gasteiger partial charge is 0.415 e. The van der Waals surface area contributed by atoms with E-state index in [1.807, 2.05) is 20.8 Å². The van der Waals surface area contributed by atoms with E-state index in [4.69, 9.17) is 18.9 Å². The van der Waals surface area contributed by atoms with Crippen molar-refractivity contribution >= 4 is 29.7 Å². The second-order valence-electron chi connectivity index (χ2n) is 13.6. The Bertz CT molecular complexity index is 1500. The maximum atomic E-state index is 12.5. The van der Waals surface area contributed by atoms with Crippen LogP contribution in [0.25, 0.3) is 0 Å². The zero-order valence-electron chi connectivity index (χ0n) is 26.6. The van der Waals surface area contributed by atoms with Gasteiger partial charge < -0.3 is 34.9 Å². The average molecular weight is 623 g/mol. The van der Waals surface area contributed by atoms with E-state index in [-0.39, 0.29) is 35.9 Å². The number of rotatable bonds is 10. The summed E-state index contributed by atoms with van der Waals surface area (Å²) in [6.07, 6.45) is 4.66. The third kappa shape index (κ3) is 7.08. The number of aromatic nitrogens is 2. The van der Waals surface area contributed by atoms with Gasteiger partial charge in [-0.25, -0.2) is 19.6 Å². The molecule has 242 valence electrons. The van der Waals surface area contributed by atoms with Crippen molar-refractivity contribution in [2.75, 3.05) is 43.1 Å². The van der Waals surface area contributed by atoms with Gasteiger partial charge in [-0.1, -0.05) is 0 Å². The quantitative estimate of drug-likeness (QED) is 0.335. The van der Waals surface area contributed by atoms with Crippen LogP contribution in [0.2, 0.25) is 0 Å². The minimum atomic E-state index is -0.540. The minimum Gasteiger partial charge on any atom is -0.491 e. The SMILES string of the molecule is Cc1cc(OCC2(NC(=O)OC(C)(C)C)CC2)c(C)c2c1CC(CNCCC1CN(c3cnc4c(n3)NC(=O)CO4)C(=O)O1)C2. The van der Waals surface area contributed by atoms with Gasteiger partial charge in [-0.15, -0.1) is 0 Å².